The van der Waals surface area contributed by atoms with Crippen molar-refractivity contribution in [1.29, 1.82) is 0 Å². The van der Waals surface area contributed by atoms with E-state index >= 15 is 0 Å². The Balaban J connectivity index is 3.41. The SMILES string of the molecule is CCOCCNCC(F)(F)C(F)F. The monoisotopic (exact) mass is 203 g/mol. The molecular weight excluding hydrogens is 190 g/mol. The van der Waals surface area contributed by atoms with Crippen LogP contribution in [0.2, 0.25) is 0 Å². The third kappa shape index (κ3) is 5.81. The average Bonchev–Trinajstić information content (AvgIpc) is 2.03. The highest BCUT2D eigenvalue weighted by Gasteiger charge is 2.39. The van der Waals surface area contributed by atoms with E-state index in [1.807, 2.05) is 0 Å². The summed E-state index contributed by atoms with van der Waals surface area (Å²) < 4.78 is 52.4. The van der Waals surface area contributed by atoms with Gasteiger partial charge in [-0.2, -0.15) is 8.78 Å². The number of rotatable bonds is 7. The molecule has 0 aromatic carbocycles. The van der Waals surface area contributed by atoms with Crippen molar-refractivity contribution in [2.45, 2.75) is 19.3 Å². The molecule has 13 heavy (non-hydrogen) atoms. The molecule has 0 aromatic heterocycles. The van der Waals surface area contributed by atoms with E-state index in [9.17, 15) is 17.6 Å². The summed E-state index contributed by atoms with van der Waals surface area (Å²) in [5.74, 6) is -3.95. The molecule has 0 fully saturated rings. The molecule has 0 atom stereocenters. The second-order valence-corrected chi connectivity index (χ2v) is 2.44. The summed E-state index contributed by atoms with van der Waals surface area (Å²) in [6.45, 7) is 1.62. The molecule has 0 aliphatic rings. The molecule has 1 N–H and O–H groups in total. The summed E-state index contributed by atoms with van der Waals surface area (Å²) in [5.41, 5.74) is 0. The third-order valence-electron chi connectivity index (χ3n) is 1.31. The first-order chi connectivity index (χ1) is 6.00. The molecule has 0 heterocycles. The van der Waals surface area contributed by atoms with Gasteiger partial charge < -0.3 is 10.1 Å². The van der Waals surface area contributed by atoms with Crippen molar-refractivity contribution in [3.8, 4) is 0 Å². The van der Waals surface area contributed by atoms with E-state index in [0.717, 1.165) is 0 Å². The molecule has 80 valence electrons. The van der Waals surface area contributed by atoms with E-state index in [0.29, 0.717) is 6.61 Å². The Morgan fingerprint density at radius 1 is 1.38 bits per heavy atom. The number of hydrogen-bond donors (Lipinski definition) is 1. The standard InChI is InChI=1S/C7H13F4NO/c1-2-13-4-3-12-5-7(10,11)6(8)9/h6,12H,2-5H2,1H3. The van der Waals surface area contributed by atoms with Crippen LogP contribution in [-0.4, -0.2) is 38.7 Å². The molecule has 6 heteroatoms. The first kappa shape index (κ1) is 12.6. The molecule has 0 radical (unpaired) electrons. The summed E-state index contributed by atoms with van der Waals surface area (Å²) in [5, 5.41) is 2.19. The third-order valence-corrected chi connectivity index (χ3v) is 1.31. The Kier molecular flexibility index (Phi) is 5.98. The summed E-state index contributed by atoms with van der Waals surface area (Å²) >= 11 is 0. The lowest BCUT2D eigenvalue weighted by molar-refractivity contribution is -0.125. The highest BCUT2D eigenvalue weighted by atomic mass is 19.3. The molecule has 0 aromatic rings. The van der Waals surface area contributed by atoms with Crippen molar-refractivity contribution in [1.82, 2.24) is 5.32 Å². The van der Waals surface area contributed by atoms with Crippen LogP contribution in [0.15, 0.2) is 0 Å². The van der Waals surface area contributed by atoms with Gasteiger partial charge in [-0.25, -0.2) is 8.78 Å². The number of ether oxygens (including phenoxy) is 1. The lowest BCUT2D eigenvalue weighted by Crippen LogP contribution is -2.39. The van der Waals surface area contributed by atoms with Crippen LogP contribution in [-0.2, 0) is 4.74 Å². The van der Waals surface area contributed by atoms with Gasteiger partial charge in [0.05, 0.1) is 13.2 Å². The summed E-state index contributed by atoms with van der Waals surface area (Å²) in [4.78, 5) is 0. The first-order valence-corrected chi connectivity index (χ1v) is 3.95. The van der Waals surface area contributed by atoms with Gasteiger partial charge in [0.1, 0.15) is 0 Å². The molecule has 2 nitrogen and oxygen atoms in total. The highest BCUT2D eigenvalue weighted by molar-refractivity contribution is 4.71. The number of nitrogens with one attached hydrogen (secondary N) is 1. The van der Waals surface area contributed by atoms with Crippen molar-refractivity contribution in [2.24, 2.45) is 0 Å². The molecule has 0 amide bonds. The number of hydrogen-bond acceptors (Lipinski definition) is 2. The Morgan fingerprint density at radius 2 is 2.00 bits per heavy atom. The van der Waals surface area contributed by atoms with Gasteiger partial charge in [0.25, 0.3) is 0 Å². The van der Waals surface area contributed by atoms with Crippen LogP contribution in [0.1, 0.15) is 6.92 Å². The fraction of sp³-hybridized carbons (Fsp3) is 1.00. The van der Waals surface area contributed by atoms with E-state index in [4.69, 9.17) is 4.74 Å². The Labute approximate surface area is 74.3 Å². The zero-order chi connectivity index (χ0) is 10.3. The number of halogens is 4. The molecule has 0 saturated heterocycles. The van der Waals surface area contributed by atoms with E-state index in [1.54, 1.807) is 6.92 Å². The van der Waals surface area contributed by atoms with Crippen molar-refractivity contribution in [2.75, 3.05) is 26.3 Å². The zero-order valence-corrected chi connectivity index (χ0v) is 7.33. The maximum Gasteiger partial charge on any atom is 0.319 e. The van der Waals surface area contributed by atoms with E-state index in [1.165, 1.54) is 0 Å². The molecule has 0 rings (SSSR count). The lowest BCUT2D eigenvalue weighted by Gasteiger charge is -2.15. The highest BCUT2D eigenvalue weighted by Crippen LogP contribution is 2.21. The maximum atomic E-state index is 12.2. The minimum Gasteiger partial charge on any atom is -0.380 e. The van der Waals surface area contributed by atoms with Gasteiger partial charge in [0, 0.05) is 13.2 Å². The van der Waals surface area contributed by atoms with Crippen molar-refractivity contribution in [3.05, 3.63) is 0 Å². The van der Waals surface area contributed by atoms with Crippen molar-refractivity contribution in [3.63, 3.8) is 0 Å². The zero-order valence-electron chi connectivity index (χ0n) is 7.33. The fourth-order valence-corrected chi connectivity index (χ4v) is 0.621. The molecular formula is C7H13F4NO. The predicted octanol–water partition coefficient (Wildman–Crippen LogP) is 1.51. The quantitative estimate of drug-likeness (QED) is 0.500. The normalized spacial score (nSPS) is 12.5. The summed E-state index contributed by atoms with van der Waals surface area (Å²) in [7, 11) is 0. The summed E-state index contributed by atoms with van der Waals surface area (Å²) in [6, 6.07) is 0. The van der Waals surface area contributed by atoms with E-state index < -0.39 is 18.9 Å². The largest absolute Gasteiger partial charge is 0.380 e. The van der Waals surface area contributed by atoms with E-state index in [-0.39, 0.29) is 13.2 Å². The van der Waals surface area contributed by atoms with Gasteiger partial charge in [0.15, 0.2) is 0 Å². The van der Waals surface area contributed by atoms with Crippen LogP contribution < -0.4 is 5.32 Å². The molecule has 0 unspecified atom stereocenters. The molecule has 0 bridgehead atoms. The number of alkyl halides is 4. The average molecular weight is 203 g/mol. The minimum absolute atomic E-state index is 0.149. The molecule has 0 aliphatic heterocycles. The summed E-state index contributed by atoms with van der Waals surface area (Å²) in [6.07, 6.45) is -3.62. The van der Waals surface area contributed by atoms with Gasteiger partial charge in [-0.3, -0.25) is 0 Å². The molecule has 0 aliphatic carbocycles. The topological polar surface area (TPSA) is 21.3 Å². The van der Waals surface area contributed by atoms with Crippen LogP contribution in [0, 0.1) is 0 Å². The van der Waals surface area contributed by atoms with Crippen LogP contribution in [0.5, 0.6) is 0 Å². The second kappa shape index (κ2) is 6.15. The van der Waals surface area contributed by atoms with Crippen molar-refractivity contribution < 1.29 is 22.3 Å². The van der Waals surface area contributed by atoms with Crippen molar-refractivity contribution >= 4 is 0 Å². The van der Waals surface area contributed by atoms with Gasteiger partial charge in [0.2, 0.25) is 0 Å². The van der Waals surface area contributed by atoms with Crippen LogP contribution in [0.3, 0.4) is 0 Å². The molecule has 0 saturated carbocycles. The smallest absolute Gasteiger partial charge is 0.319 e. The van der Waals surface area contributed by atoms with Gasteiger partial charge >= 0.3 is 12.3 Å². The lowest BCUT2D eigenvalue weighted by atomic mass is 10.3. The Hall–Kier alpha value is -0.360. The molecule has 0 spiro atoms. The Morgan fingerprint density at radius 3 is 2.46 bits per heavy atom. The van der Waals surface area contributed by atoms with Crippen LogP contribution >= 0.6 is 0 Å². The van der Waals surface area contributed by atoms with Gasteiger partial charge in [-0.15, -0.1) is 0 Å². The minimum atomic E-state index is -3.95. The van der Waals surface area contributed by atoms with E-state index in [2.05, 4.69) is 5.32 Å². The Bertz CT molecular complexity index is 132. The van der Waals surface area contributed by atoms with Gasteiger partial charge in [-0.05, 0) is 6.92 Å². The predicted molar refractivity (Wildman–Crippen MR) is 40.3 cm³/mol. The van der Waals surface area contributed by atoms with Crippen LogP contribution in [0.25, 0.3) is 0 Å². The van der Waals surface area contributed by atoms with Gasteiger partial charge in [-0.1, -0.05) is 0 Å². The maximum absolute atomic E-state index is 12.2. The second-order valence-electron chi connectivity index (χ2n) is 2.44. The first-order valence-electron chi connectivity index (χ1n) is 3.95. The fourth-order valence-electron chi connectivity index (χ4n) is 0.621. The van der Waals surface area contributed by atoms with Crippen LogP contribution in [0.4, 0.5) is 17.6 Å².